The smallest absolute Gasteiger partial charge is 0.252 e. The Morgan fingerprint density at radius 1 is 1.29 bits per heavy atom. The van der Waals surface area contributed by atoms with E-state index >= 15 is 0 Å². The van der Waals surface area contributed by atoms with Crippen LogP contribution >= 0.6 is 0 Å². The standard InChI is InChI=1S/C19H27N3O2/c1-4-7-14(2)17(23)22-12-10-19(11-13-22)18(24)21(3)16-9-6-5-8-15(16)20-19/h5-6,8-9,14,20H,4,7,10-13H2,1-3H3/t14-/m1/s1. The molecule has 1 spiro atoms. The molecule has 0 radical (unpaired) electrons. The van der Waals surface area contributed by atoms with Crippen LogP contribution in [0.3, 0.4) is 0 Å². The molecule has 2 aliphatic heterocycles. The number of fused-ring (bicyclic) bond motifs is 1. The summed E-state index contributed by atoms with van der Waals surface area (Å²) in [5.74, 6) is 0.404. The molecule has 5 heteroatoms. The summed E-state index contributed by atoms with van der Waals surface area (Å²) in [6, 6.07) is 7.89. The van der Waals surface area contributed by atoms with Crippen LogP contribution in [-0.4, -0.2) is 42.4 Å². The normalized spacial score (nSPS) is 20.5. The highest BCUT2D eigenvalue weighted by molar-refractivity contribution is 6.07. The summed E-state index contributed by atoms with van der Waals surface area (Å²) in [6.45, 7) is 5.39. The third-order valence-corrected chi connectivity index (χ3v) is 5.43. The third-order valence-electron chi connectivity index (χ3n) is 5.43. The minimum absolute atomic E-state index is 0.0717. The highest BCUT2D eigenvalue weighted by Gasteiger charge is 2.47. The molecule has 1 atom stereocenters. The van der Waals surface area contributed by atoms with Gasteiger partial charge in [0.1, 0.15) is 5.54 Å². The van der Waals surface area contributed by atoms with E-state index in [1.54, 1.807) is 4.90 Å². The van der Waals surface area contributed by atoms with Crippen LogP contribution in [0.25, 0.3) is 0 Å². The Balaban J connectivity index is 1.74. The fourth-order valence-corrected chi connectivity index (χ4v) is 3.93. The molecule has 130 valence electrons. The summed E-state index contributed by atoms with van der Waals surface area (Å²) < 4.78 is 0. The van der Waals surface area contributed by atoms with Crippen molar-refractivity contribution < 1.29 is 9.59 Å². The Kier molecular flexibility index (Phi) is 4.52. The summed E-state index contributed by atoms with van der Waals surface area (Å²) in [6.07, 6.45) is 3.27. The SMILES string of the molecule is CCC[C@@H](C)C(=O)N1CCC2(CC1)Nc1ccccc1N(C)C2=O. The Bertz CT molecular complexity index is 635. The number of carbonyl (C=O) groups is 2. The molecular formula is C19H27N3O2. The Hall–Kier alpha value is -2.04. The van der Waals surface area contributed by atoms with Gasteiger partial charge in [0.2, 0.25) is 5.91 Å². The third kappa shape index (κ3) is 2.76. The van der Waals surface area contributed by atoms with Gasteiger partial charge in [0, 0.05) is 26.1 Å². The predicted octanol–water partition coefficient (Wildman–Crippen LogP) is 2.87. The van der Waals surface area contributed by atoms with Crippen molar-refractivity contribution in [3.8, 4) is 0 Å². The lowest BCUT2D eigenvalue weighted by Gasteiger charge is -2.47. The maximum Gasteiger partial charge on any atom is 0.252 e. The van der Waals surface area contributed by atoms with E-state index in [1.165, 1.54) is 0 Å². The van der Waals surface area contributed by atoms with Crippen molar-refractivity contribution in [2.24, 2.45) is 5.92 Å². The van der Waals surface area contributed by atoms with Crippen LogP contribution in [0.4, 0.5) is 11.4 Å². The molecule has 0 aromatic heterocycles. The number of piperidine rings is 1. The van der Waals surface area contributed by atoms with Gasteiger partial charge in [-0.25, -0.2) is 0 Å². The van der Waals surface area contributed by atoms with E-state index in [4.69, 9.17) is 0 Å². The summed E-state index contributed by atoms with van der Waals surface area (Å²) in [7, 11) is 1.84. The number of carbonyl (C=O) groups excluding carboxylic acids is 2. The topological polar surface area (TPSA) is 52.7 Å². The molecule has 24 heavy (non-hydrogen) atoms. The van der Waals surface area contributed by atoms with Gasteiger partial charge in [-0.3, -0.25) is 9.59 Å². The number of rotatable bonds is 3. The number of likely N-dealkylation sites (N-methyl/N-ethyl adjacent to an activating group) is 1. The predicted molar refractivity (Wildman–Crippen MR) is 96.1 cm³/mol. The minimum Gasteiger partial charge on any atom is -0.369 e. The number of benzene rings is 1. The molecule has 1 fully saturated rings. The van der Waals surface area contributed by atoms with Gasteiger partial charge >= 0.3 is 0 Å². The highest BCUT2D eigenvalue weighted by Crippen LogP contribution is 2.39. The number of hydrogen-bond donors (Lipinski definition) is 1. The Morgan fingerprint density at radius 2 is 1.96 bits per heavy atom. The molecule has 1 N–H and O–H groups in total. The molecule has 1 aromatic carbocycles. The number of anilines is 2. The van der Waals surface area contributed by atoms with Crippen molar-refractivity contribution in [2.75, 3.05) is 30.4 Å². The maximum atomic E-state index is 12.9. The zero-order chi connectivity index (χ0) is 17.3. The summed E-state index contributed by atoms with van der Waals surface area (Å²) in [5, 5.41) is 3.48. The highest BCUT2D eigenvalue weighted by atomic mass is 16.2. The Labute approximate surface area is 144 Å². The first-order valence-corrected chi connectivity index (χ1v) is 8.92. The van der Waals surface area contributed by atoms with Gasteiger partial charge in [-0.05, 0) is 31.4 Å². The van der Waals surface area contributed by atoms with Crippen molar-refractivity contribution in [2.45, 2.75) is 45.1 Å². The molecule has 2 heterocycles. The molecule has 2 aliphatic rings. The molecule has 5 nitrogen and oxygen atoms in total. The van der Waals surface area contributed by atoms with E-state index in [0.29, 0.717) is 25.9 Å². The Morgan fingerprint density at radius 3 is 2.62 bits per heavy atom. The molecule has 0 unspecified atom stereocenters. The quantitative estimate of drug-likeness (QED) is 0.928. The first-order valence-electron chi connectivity index (χ1n) is 8.92. The van der Waals surface area contributed by atoms with Crippen molar-refractivity contribution in [3.05, 3.63) is 24.3 Å². The lowest BCUT2D eigenvalue weighted by molar-refractivity contribution is -0.138. The van der Waals surface area contributed by atoms with Gasteiger partial charge in [-0.15, -0.1) is 0 Å². The first kappa shape index (κ1) is 16.8. The van der Waals surface area contributed by atoms with Gasteiger partial charge in [-0.1, -0.05) is 32.4 Å². The zero-order valence-electron chi connectivity index (χ0n) is 14.8. The summed E-state index contributed by atoms with van der Waals surface area (Å²) in [5.41, 5.74) is 1.34. The van der Waals surface area contributed by atoms with Crippen LogP contribution in [0.15, 0.2) is 24.3 Å². The van der Waals surface area contributed by atoms with Crippen molar-refractivity contribution in [1.82, 2.24) is 4.90 Å². The molecule has 0 aliphatic carbocycles. The van der Waals surface area contributed by atoms with E-state index in [9.17, 15) is 9.59 Å². The second-order valence-electron chi connectivity index (χ2n) is 7.10. The van der Waals surface area contributed by atoms with Crippen molar-refractivity contribution in [1.29, 1.82) is 0 Å². The number of likely N-dealkylation sites (tertiary alicyclic amines) is 1. The number of para-hydroxylation sites is 2. The van der Waals surface area contributed by atoms with E-state index in [1.807, 2.05) is 43.1 Å². The molecule has 1 saturated heterocycles. The first-order chi connectivity index (χ1) is 11.5. The fraction of sp³-hybridized carbons (Fsp3) is 0.579. The van der Waals surface area contributed by atoms with Crippen LogP contribution < -0.4 is 10.2 Å². The summed E-state index contributed by atoms with van der Waals surface area (Å²) >= 11 is 0. The van der Waals surface area contributed by atoms with E-state index in [0.717, 1.165) is 24.2 Å². The van der Waals surface area contributed by atoms with Gasteiger partial charge in [-0.2, -0.15) is 0 Å². The zero-order valence-corrected chi connectivity index (χ0v) is 14.8. The van der Waals surface area contributed by atoms with Crippen LogP contribution in [0.1, 0.15) is 39.5 Å². The van der Waals surface area contributed by atoms with Crippen LogP contribution in [0, 0.1) is 5.92 Å². The molecular weight excluding hydrogens is 302 g/mol. The second-order valence-corrected chi connectivity index (χ2v) is 7.10. The minimum atomic E-state index is -0.576. The summed E-state index contributed by atoms with van der Waals surface area (Å²) in [4.78, 5) is 29.1. The maximum absolute atomic E-state index is 12.9. The largest absolute Gasteiger partial charge is 0.369 e. The van der Waals surface area contributed by atoms with E-state index in [-0.39, 0.29) is 17.7 Å². The average molecular weight is 329 g/mol. The lowest BCUT2D eigenvalue weighted by atomic mass is 9.83. The molecule has 3 rings (SSSR count). The van der Waals surface area contributed by atoms with E-state index < -0.39 is 5.54 Å². The van der Waals surface area contributed by atoms with Crippen molar-refractivity contribution in [3.63, 3.8) is 0 Å². The molecule has 0 saturated carbocycles. The number of nitrogens with one attached hydrogen (secondary N) is 1. The van der Waals surface area contributed by atoms with Crippen molar-refractivity contribution >= 4 is 23.2 Å². The molecule has 0 bridgehead atoms. The fourth-order valence-electron chi connectivity index (χ4n) is 3.93. The molecule has 2 amide bonds. The van der Waals surface area contributed by atoms with Crippen LogP contribution in [-0.2, 0) is 9.59 Å². The van der Waals surface area contributed by atoms with Crippen LogP contribution in [0.5, 0.6) is 0 Å². The van der Waals surface area contributed by atoms with Gasteiger partial charge in [0.15, 0.2) is 0 Å². The molecule has 1 aromatic rings. The number of hydrogen-bond acceptors (Lipinski definition) is 3. The second kappa shape index (κ2) is 6.46. The van der Waals surface area contributed by atoms with Gasteiger partial charge < -0.3 is 15.1 Å². The number of nitrogens with zero attached hydrogens (tertiary/aromatic N) is 2. The van der Waals surface area contributed by atoms with Gasteiger partial charge in [0.05, 0.1) is 11.4 Å². The van der Waals surface area contributed by atoms with E-state index in [2.05, 4.69) is 12.2 Å². The van der Waals surface area contributed by atoms with Gasteiger partial charge in [0.25, 0.3) is 5.91 Å². The van der Waals surface area contributed by atoms with Crippen LogP contribution in [0.2, 0.25) is 0 Å². The monoisotopic (exact) mass is 329 g/mol. The number of amides is 2. The average Bonchev–Trinajstić information content (AvgIpc) is 2.60. The lowest BCUT2D eigenvalue weighted by Crippen LogP contribution is -2.61.